The van der Waals surface area contributed by atoms with Crippen LogP contribution in [0.25, 0.3) is 0 Å². The lowest BCUT2D eigenvalue weighted by molar-refractivity contribution is -0.153. The molecular weight excluding hydrogens is 524 g/mol. The van der Waals surface area contributed by atoms with Crippen LogP contribution in [0, 0.1) is 0 Å². The molecular formula is C32H32N2O7. The van der Waals surface area contributed by atoms with E-state index in [4.69, 9.17) is 9.47 Å². The zero-order valence-corrected chi connectivity index (χ0v) is 22.9. The topological polar surface area (TPSA) is 110 Å². The number of para-hydroxylation sites is 2. The number of barbiturate groups is 1. The van der Waals surface area contributed by atoms with Crippen LogP contribution in [0.2, 0.25) is 0 Å². The monoisotopic (exact) mass is 556 g/mol. The van der Waals surface area contributed by atoms with Crippen molar-refractivity contribution in [1.82, 2.24) is 9.80 Å². The van der Waals surface area contributed by atoms with E-state index in [-0.39, 0.29) is 45.2 Å². The summed E-state index contributed by atoms with van der Waals surface area (Å²) in [6, 6.07) is 25.1. The molecule has 9 nitrogen and oxygen atoms in total. The number of rotatable bonds is 12. The van der Waals surface area contributed by atoms with Gasteiger partial charge in [0.05, 0.1) is 0 Å². The van der Waals surface area contributed by atoms with Crippen molar-refractivity contribution in [3.63, 3.8) is 0 Å². The lowest BCUT2D eigenvalue weighted by Gasteiger charge is -2.44. The summed E-state index contributed by atoms with van der Waals surface area (Å²) in [5.41, 5.74) is -1.13. The summed E-state index contributed by atoms with van der Waals surface area (Å²) in [4.78, 5) is 68.0. The fourth-order valence-corrected chi connectivity index (χ4v) is 4.85. The number of urea groups is 1. The molecule has 4 amide bonds. The van der Waals surface area contributed by atoms with Crippen LogP contribution in [0.1, 0.15) is 44.6 Å². The van der Waals surface area contributed by atoms with Gasteiger partial charge in [-0.2, -0.15) is 0 Å². The third-order valence-electron chi connectivity index (χ3n) is 6.95. The molecule has 1 saturated heterocycles. The molecule has 1 heterocycles. The van der Waals surface area contributed by atoms with Crippen LogP contribution < -0.4 is 9.47 Å². The van der Waals surface area contributed by atoms with E-state index in [0.717, 1.165) is 9.80 Å². The van der Waals surface area contributed by atoms with E-state index in [1.165, 1.54) is 0 Å². The Balaban J connectivity index is 1.48. The summed E-state index contributed by atoms with van der Waals surface area (Å²) in [6.07, 6.45) is 0.374. The lowest BCUT2D eigenvalue weighted by atomic mass is 9.74. The maximum Gasteiger partial charge on any atom is 0.333 e. The minimum absolute atomic E-state index is 0.0321. The van der Waals surface area contributed by atoms with Gasteiger partial charge in [0.25, 0.3) is 11.8 Å². The third kappa shape index (κ3) is 6.69. The highest BCUT2D eigenvalue weighted by atomic mass is 16.5. The normalized spacial score (nSPS) is 14.6. The zero-order chi connectivity index (χ0) is 29.2. The number of esters is 2. The molecule has 9 heteroatoms. The molecule has 212 valence electrons. The molecule has 0 N–H and O–H groups in total. The van der Waals surface area contributed by atoms with Gasteiger partial charge in [0.2, 0.25) is 0 Å². The summed E-state index contributed by atoms with van der Waals surface area (Å²) in [5, 5.41) is 0. The highest BCUT2D eigenvalue weighted by Crippen LogP contribution is 2.37. The number of carbonyl (C=O) groups excluding carboxylic acids is 5. The highest BCUT2D eigenvalue weighted by Gasteiger charge is 2.57. The summed E-state index contributed by atoms with van der Waals surface area (Å²) in [6.45, 7) is 1.58. The van der Waals surface area contributed by atoms with Gasteiger partial charge in [-0.3, -0.25) is 29.0 Å². The average molecular weight is 557 g/mol. The van der Waals surface area contributed by atoms with Crippen LogP contribution in [-0.2, 0) is 24.6 Å². The van der Waals surface area contributed by atoms with Gasteiger partial charge in [-0.1, -0.05) is 73.7 Å². The largest absolute Gasteiger partial charge is 0.427 e. The minimum Gasteiger partial charge on any atom is -0.427 e. The Bertz CT molecular complexity index is 1300. The molecule has 0 unspecified atom stereocenters. The molecule has 3 aromatic rings. The molecule has 0 spiro atoms. The second-order valence-electron chi connectivity index (χ2n) is 9.60. The van der Waals surface area contributed by atoms with Crippen molar-refractivity contribution in [3.05, 3.63) is 96.6 Å². The van der Waals surface area contributed by atoms with Gasteiger partial charge in [0.15, 0.2) is 5.41 Å². The van der Waals surface area contributed by atoms with Gasteiger partial charge in [-0.15, -0.1) is 0 Å². The number of amides is 4. The predicted octanol–water partition coefficient (Wildman–Crippen LogP) is 4.90. The van der Waals surface area contributed by atoms with Crippen LogP contribution in [0.5, 0.6) is 11.5 Å². The minimum atomic E-state index is -1.61. The summed E-state index contributed by atoms with van der Waals surface area (Å²) in [7, 11) is 0. The first-order valence-electron chi connectivity index (χ1n) is 13.6. The van der Waals surface area contributed by atoms with Gasteiger partial charge < -0.3 is 9.47 Å². The maximum absolute atomic E-state index is 13.9. The predicted molar refractivity (Wildman–Crippen MR) is 150 cm³/mol. The first-order valence-corrected chi connectivity index (χ1v) is 13.6. The van der Waals surface area contributed by atoms with Gasteiger partial charge in [0, 0.05) is 25.9 Å². The molecule has 0 aromatic heterocycles. The Hall–Kier alpha value is -4.79. The molecule has 0 atom stereocenters. The van der Waals surface area contributed by atoms with Gasteiger partial charge in [0.1, 0.15) is 11.5 Å². The number of imide groups is 2. The second-order valence-corrected chi connectivity index (χ2v) is 9.60. The van der Waals surface area contributed by atoms with Gasteiger partial charge >= 0.3 is 18.0 Å². The molecule has 0 radical (unpaired) electrons. The third-order valence-corrected chi connectivity index (χ3v) is 6.95. The molecule has 0 saturated carbocycles. The molecule has 1 aliphatic heterocycles. The van der Waals surface area contributed by atoms with Crippen molar-refractivity contribution in [2.75, 3.05) is 13.1 Å². The SMILES string of the molecule is CCC1(c2ccccc2)C(=O)N(CCCC(=O)Oc2ccccc2)C(=O)N(CCCC(=O)Oc2ccccc2)C1=O. The van der Waals surface area contributed by atoms with Crippen molar-refractivity contribution >= 4 is 29.8 Å². The molecule has 1 aliphatic rings. The Kier molecular flexibility index (Phi) is 9.63. The zero-order valence-electron chi connectivity index (χ0n) is 22.9. The molecule has 0 bridgehead atoms. The lowest BCUT2D eigenvalue weighted by Crippen LogP contribution is -2.67. The van der Waals surface area contributed by atoms with Gasteiger partial charge in [-0.05, 0) is 49.1 Å². The van der Waals surface area contributed by atoms with Crippen LogP contribution >= 0.6 is 0 Å². The summed E-state index contributed by atoms with van der Waals surface area (Å²) >= 11 is 0. The Labute approximate surface area is 238 Å². The first kappa shape index (κ1) is 29.2. The van der Waals surface area contributed by atoms with E-state index < -0.39 is 35.2 Å². The van der Waals surface area contributed by atoms with Gasteiger partial charge in [-0.25, -0.2) is 4.79 Å². The number of hydrogen-bond acceptors (Lipinski definition) is 7. The van der Waals surface area contributed by atoms with Crippen LogP contribution in [0.15, 0.2) is 91.0 Å². The van der Waals surface area contributed by atoms with Crippen molar-refractivity contribution in [2.45, 2.75) is 44.4 Å². The maximum atomic E-state index is 13.9. The first-order chi connectivity index (χ1) is 19.9. The van der Waals surface area contributed by atoms with Crippen molar-refractivity contribution in [1.29, 1.82) is 0 Å². The molecule has 0 aliphatic carbocycles. The average Bonchev–Trinajstić information content (AvgIpc) is 2.99. The van der Waals surface area contributed by atoms with E-state index in [1.807, 2.05) is 0 Å². The van der Waals surface area contributed by atoms with Crippen molar-refractivity contribution in [2.24, 2.45) is 0 Å². The number of nitrogens with zero attached hydrogens (tertiary/aromatic N) is 2. The summed E-state index contributed by atoms with van der Waals surface area (Å²) in [5.74, 6) is -1.45. The smallest absolute Gasteiger partial charge is 0.333 e. The summed E-state index contributed by atoms with van der Waals surface area (Å²) < 4.78 is 10.6. The Morgan fingerprint density at radius 2 is 1.02 bits per heavy atom. The number of carbonyl (C=O) groups is 5. The molecule has 3 aromatic carbocycles. The van der Waals surface area contributed by atoms with Crippen LogP contribution in [0.3, 0.4) is 0 Å². The van der Waals surface area contributed by atoms with E-state index in [0.29, 0.717) is 17.1 Å². The van der Waals surface area contributed by atoms with Crippen LogP contribution in [0.4, 0.5) is 4.79 Å². The molecule has 41 heavy (non-hydrogen) atoms. The Morgan fingerprint density at radius 3 is 1.41 bits per heavy atom. The fourth-order valence-electron chi connectivity index (χ4n) is 4.85. The number of hydrogen-bond donors (Lipinski definition) is 0. The van der Waals surface area contributed by atoms with E-state index in [2.05, 4.69) is 0 Å². The van der Waals surface area contributed by atoms with E-state index >= 15 is 0 Å². The van der Waals surface area contributed by atoms with E-state index in [1.54, 1.807) is 97.9 Å². The van der Waals surface area contributed by atoms with Crippen molar-refractivity contribution in [3.8, 4) is 11.5 Å². The fraction of sp³-hybridized carbons (Fsp3) is 0.281. The van der Waals surface area contributed by atoms with Crippen molar-refractivity contribution < 1.29 is 33.4 Å². The van der Waals surface area contributed by atoms with E-state index in [9.17, 15) is 24.0 Å². The molecule has 1 fully saturated rings. The number of ether oxygens (including phenoxy) is 2. The number of benzene rings is 3. The standard InChI is InChI=1S/C32H32N2O7/c1-2-32(24-14-6-3-7-15-24)29(37)33(22-12-20-27(35)40-25-16-8-4-9-17-25)31(39)34(30(32)38)23-13-21-28(36)41-26-18-10-5-11-19-26/h3-11,14-19H,2,12-13,20-23H2,1H3. The van der Waals surface area contributed by atoms with Crippen LogP contribution in [-0.4, -0.2) is 52.7 Å². The molecule has 4 rings (SSSR count). The quantitative estimate of drug-likeness (QED) is 0.177. The Morgan fingerprint density at radius 1 is 0.634 bits per heavy atom. The second kappa shape index (κ2) is 13.5. The highest BCUT2D eigenvalue weighted by molar-refractivity contribution is 6.22.